The van der Waals surface area contributed by atoms with Gasteiger partial charge in [-0.3, -0.25) is 9.89 Å². The third kappa shape index (κ3) is 3.98. The number of likely N-dealkylation sites (tertiary alicyclic amines) is 2. The Balaban J connectivity index is 1.57. The molecule has 0 aliphatic carbocycles. The van der Waals surface area contributed by atoms with Crippen molar-refractivity contribution in [2.24, 2.45) is 0 Å². The van der Waals surface area contributed by atoms with E-state index < -0.39 is 5.60 Å². The Morgan fingerprint density at radius 2 is 1.92 bits per heavy atom. The number of aliphatic hydroxyl groups is 1. The normalized spacial score (nSPS) is 25.9. The van der Waals surface area contributed by atoms with Gasteiger partial charge >= 0.3 is 0 Å². The molecule has 0 aromatic carbocycles. The van der Waals surface area contributed by atoms with Crippen LogP contribution in [0.4, 0.5) is 0 Å². The molecule has 2 N–H and O–H groups in total. The summed E-state index contributed by atoms with van der Waals surface area (Å²) >= 11 is 0. The molecule has 3 heterocycles. The number of amides is 1. The van der Waals surface area contributed by atoms with E-state index in [9.17, 15) is 9.90 Å². The fraction of sp³-hybridized carbons (Fsp3) is 0.778. The number of nitrogens with zero attached hydrogens (tertiary/aromatic N) is 3. The smallest absolute Gasteiger partial charge is 0.227 e. The summed E-state index contributed by atoms with van der Waals surface area (Å²) in [6.07, 6.45) is 5.22. The highest BCUT2D eigenvalue weighted by Crippen LogP contribution is 2.25. The number of rotatable bonds is 4. The van der Waals surface area contributed by atoms with E-state index in [0.29, 0.717) is 19.4 Å². The Bertz CT molecular complexity index is 560. The van der Waals surface area contributed by atoms with Gasteiger partial charge < -0.3 is 14.9 Å². The van der Waals surface area contributed by atoms with E-state index in [-0.39, 0.29) is 5.91 Å². The molecule has 0 spiro atoms. The van der Waals surface area contributed by atoms with E-state index in [1.165, 1.54) is 12.8 Å². The van der Waals surface area contributed by atoms with E-state index in [4.69, 9.17) is 0 Å². The van der Waals surface area contributed by atoms with Crippen molar-refractivity contribution in [3.8, 4) is 0 Å². The lowest BCUT2D eigenvalue weighted by Gasteiger charge is -2.31. The van der Waals surface area contributed by atoms with Gasteiger partial charge in [0.2, 0.25) is 5.91 Å². The first-order valence-corrected chi connectivity index (χ1v) is 9.20. The van der Waals surface area contributed by atoms with Crippen LogP contribution in [0.3, 0.4) is 0 Å². The molecule has 0 bridgehead atoms. The Morgan fingerprint density at radius 3 is 2.58 bits per heavy atom. The molecule has 1 atom stereocenters. The molecular formula is C18H30N4O2. The minimum Gasteiger partial charge on any atom is -0.388 e. The number of hydrogen-bond acceptors (Lipinski definition) is 4. The van der Waals surface area contributed by atoms with Crippen LogP contribution in [0.2, 0.25) is 0 Å². The summed E-state index contributed by atoms with van der Waals surface area (Å²) in [6.45, 7) is 8.25. The van der Waals surface area contributed by atoms with Crippen molar-refractivity contribution in [1.29, 1.82) is 0 Å². The number of β-amino-alcohol motifs (C(OH)–C–C–N with tert-alkyl or cyclic N) is 1. The quantitative estimate of drug-likeness (QED) is 0.873. The molecule has 6 nitrogen and oxygen atoms in total. The first-order chi connectivity index (χ1) is 11.5. The molecule has 1 unspecified atom stereocenters. The molecule has 24 heavy (non-hydrogen) atoms. The summed E-state index contributed by atoms with van der Waals surface area (Å²) in [7, 11) is 0. The lowest BCUT2D eigenvalue weighted by molar-refractivity contribution is -0.130. The summed E-state index contributed by atoms with van der Waals surface area (Å²) in [5.74, 6) is 0.146. The zero-order chi connectivity index (χ0) is 17.2. The molecule has 134 valence electrons. The predicted octanol–water partition coefficient (Wildman–Crippen LogP) is 1.41. The van der Waals surface area contributed by atoms with Crippen molar-refractivity contribution in [3.05, 3.63) is 17.0 Å². The zero-order valence-corrected chi connectivity index (χ0v) is 15.0. The number of H-pyrrole nitrogens is 1. The molecule has 2 fully saturated rings. The average molecular weight is 334 g/mol. The summed E-state index contributed by atoms with van der Waals surface area (Å²) < 4.78 is 0. The van der Waals surface area contributed by atoms with Crippen LogP contribution in [0.15, 0.2) is 0 Å². The van der Waals surface area contributed by atoms with E-state index >= 15 is 0 Å². The molecule has 1 aromatic rings. The van der Waals surface area contributed by atoms with Gasteiger partial charge in [-0.2, -0.15) is 5.10 Å². The Kier molecular flexibility index (Phi) is 5.25. The topological polar surface area (TPSA) is 72.5 Å². The fourth-order valence-electron chi connectivity index (χ4n) is 4.04. The van der Waals surface area contributed by atoms with E-state index in [2.05, 4.69) is 15.1 Å². The molecule has 2 saturated heterocycles. The minimum atomic E-state index is -0.638. The number of carbonyl (C=O) groups is 1. The highest BCUT2D eigenvalue weighted by molar-refractivity contribution is 5.79. The number of aryl methyl sites for hydroxylation is 2. The van der Waals surface area contributed by atoms with Crippen LogP contribution in [-0.2, 0) is 11.2 Å². The number of hydrogen-bond donors (Lipinski definition) is 2. The maximum absolute atomic E-state index is 12.7. The summed E-state index contributed by atoms with van der Waals surface area (Å²) in [5.41, 5.74) is 2.25. The lowest BCUT2D eigenvalue weighted by Crippen LogP contribution is -2.43. The van der Waals surface area contributed by atoms with Crippen molar-refractivity contribution in [3.63, 3.8) is 0 Å². The summed E-state index contributed by atoms with van der Waals surface area (Å²) in [5, 5.41) is 18.1. The molecular weight excluding hydrogens is 304 g/mol. The average Bonchev–Trinajstić information content (AvgIpc) is 3.09. The van der Waals surface area contributed by atoms with Gasteiger partial charge in [0.05, 0.1) is 17.7 Å². The number of aromatic nitrogens is 2. The second-order valence-corrected chi connectivity index (χ2v) is 7.53. The Hall–Kier alpha value is -1.40. The second kappa shape index (κ2) is 7.23. The van der Waals surface area contributed by atoms with Crippen molar-refractivity contribution in [1.82, 2.24) is 20.0 Å². The molecule has 0 radical (unpaired) electrons. The first-order valence-electron chi connectivity index (χ1n) is 9.20. The Labute approximate surface area is 144 Å². The monoisotopic (exact) mass is 334 g/mol. The van der Waals surface area contributed by atoms with Crippen LogP contribution < -0.4 is 0 Å². The number of nitrogens with one attached hydrogen (secondary N) is 1. The Morgan fingerprint density at radius 1 is 1.17 bits per heavy atom. The van der Waals surface area contributed by atoms with Crippen molar-refractivity contribution in [2.75, 3.05) is 32.7 Å². The predicted molar refractivity (Wildman–Crippen MR) is 92.8 cm³/mol. The zero-order valence-electron chi connectivity index (χ0n) is 15.0. The third-order valence-corrected chi connectivity index (χ3v) is 5.60. The fourth-order valence-corrected chi connectivity index (χ4v) is 4.04. The van der Waals surface area contributed by atoms with Crippen LogP contribution >= 0.6 is 0 Å². The minimum absolute atomic E-state index is 0.146. The standard InChI is InChI=1S/C18H30N4O2/c1-14-16(15(2)20-19-14)12-17(23)22-10-5-6-18(24,7-11-22)13-21-8-3-4-9-21/h24H,3-13H2,1-2H3,(H,19,20). The molecule has 1 aromatic heterocycles. The maximum Gasteiger partial charge on any atom is 0.227 e. The maximum atomic E-state index is 12.7. The van der Waals surface area contributed by atoms with Gasteiger partial charge in [-0.25, -0.2) is 0 Å². The molecule has 6 heteroatoms. The highest BCUT2D eigenvalue weighted by atomic mass is 16.3. The van der Waals surface area contributed by atoms with Crippen LogP contribution in [0.25, 0.3) is 0 Å². The van der Waals surface area contributed by atoms with Crippen LogP contribution in [0.5, 0.6) is 0 Å². The molecule has 2 aliphatic rings. The van der Waals surface area contributed by atoms with Gasteiger partial charge in [-0.05, 0) is 59.0 Å². The first kappa shape index (κ1) is 17.4. The largest absolute Gasteiger partial charge is 0.388 e. The van der Waals surface area contributed by atoms with Crippen LogP contribution in [0.1, 0.15) is 49.1 Å². The molecule has 2 aliphatic heterocycles. The van der Waals surface area contributed by atoms with Crippen molar-refractivity contribution >= 4 is 5.91 Å². The van der Waals surface area contributed by atoms with E-state index in [0.717, 1.165) is 56.0 Å². The lowest BCUT2D eigenvalue weighted by atomic mass is 9.94. The molecule has 0 saturated carbocycles. The van der Waals surface area contributed by atoms with Crippen LogP contribution in [0, 0.1) is 13.8 Å². The third-order valence-electron chi connectivity index (χ3n) is 5.60. The summed E-state index contributed by atoms with van der Waals surface area (Å²) in [6, 6.07) is 0. The molecule has 1 amide bonds. The van der Waals surface area contributed by atoms with Crippen molar-refractivity contribution in [2.45, 2.75) is 58.0 Å². The highest BCUT2D eigenvalue weighted by Gasteiger charge is 2.34. The van der Waals surface area contributed by atoms with E-state index in [1.807, 2.05) is 18.7 Å². The van der Waals surface area contributed by atoms with Crippen LogP contribution in [-0.4, -0.2) is 69.3 Å². The molecule has 3 rings (SSSR count). The second-order valence-electron chi connectivity index (χ2n) is 7.53. The van der Waals surface area contributed by atoms with Gasteiger partial charge in [0.25, 0.3) is 0 Å². The van der Waals surface area contributed by atoms with Crippen molar-refractivity contribution < 1.29 is 9.90 Å². The summed E-state index contributed by atoms with van der Waals surface area (Å²) in [4.78, 5) is 17.0. The van der Waals surface area contributed by atoms with Gasteiger partial charge in [0, 0.05) is 30.9 Å². The van der Waals surface area contributed by atoms with Gasteiger partial charge in [0.1, 0.15) is 0 Å². The van der Waals surface area contributed by atoms with Gasteiger partial charge in [-0.1, -0.05) is 0 Å². The SMILES string of the molecule is Cc1n[nH]c(C)c1CC(=O)N1CCCC(O)(CN2CCCC2)CC1. The van der Waals surface area contributed by atoms with Gasteiger partial charge in [0.15, 0.2) is 0 Å². The number of carbonyl (C=O) groups excluding carboxylic acids is 1. The number of aromatic amines is 1. The van der Waals surface area contributed by atoms with Gasteiger partial charge in [-0.15, -0.1) is 0 Å². The van der Waals surface area contributed by atoms with E-state index in [1.54, 1.807) is 0 Å².